The summed E-state index contributed by atoms with van der Waals surface area (Å²) in [6.07, 6.45) is 0. The van der Waals surface area contributed by atoms with E-state index in [9.17, 15) is 9.90 Å². The smallest absolute Gasteiger partial charge is 0.254 e. The van der Waals surface area contributed by atoms with Crippen molar-refractivity contribution in [3.05, 3.63) is 102 Å². The first-order valence-electron chi connectivity index (χ1n) is 8.98. The van der Waals surface area contributed by atoms with E-state index in [0.29, 0.717) is 18.7 Å². The van der Waals surface area contributed by atoms with Crippen molar-refractivity contribution in [3.63, 3.8) is 0 Å². The maximum Gasteiger partial charge on any atom is 0.254 e. The number of benzene rings is 3. The van der Waals surface area contributed by atoms with Crippen molar-refractivity contribution < 1.29 is 9.90 Å². The van der Waals surface area contributed by atoms with E-state index in [1.54, 1.807) is 16.7 Å². The quantitative estimate of drug-likeness (QED) is 0.675. The zero-order valence-corrected chi connectivity index (χ0v) is 15.7. The van der Waals surface area contributed by atoms with Gasteiger partial charge in [0.1, 0.15) is 5.60 Å². The van der Waals surface area contributed by atoms with Crippen LogP contribution in [0.2, 0.25) is 0 Å². The van der Waals surface area contributed by atoms with Crippen molar-refractivity contribution in [2.45, 2.75) is 16.2 Å². The molecule has 1 aliphatic heterocycles. The van der Waals surface area contributed by atoms with Gasteiger partial charge in [0.2, 0.25) is 0 Å². The number of hydrogen-bond donors (Lipinski definition) is 1. The van der Waals surface area contributed by atoms with Gasteiger partial charge in [-0.2, -0.15) is 0 Å². The summed E-state index contributed by atoms with van der Waals surface area (Å²) in [5, 5.41) is 10.7. The van der Waals surface area contributed by atoms with Crippen LogP contribution in [0.25, 0.3) is 0 Å². The molecule has 0 saturated carbocycles. The van der Waals surface area contributed by atoms with Crippen LogP contribution in [-0.2, 0) is 11.4 Å². The molecular formula is C23H21NO2S. The standard InChI is InChI=1S/C23H21NO2S/c25-22(24-16-23(26,17-24)20-7-3-1-4-8-20)19-13-11-18(12-14-19)15-27-21-9-5-2-6-10-21/h1-14,26H,15-17H2. The number of nitrogens with zero attached hydrogens (tertiary/aromatic N) is 1. The minimum atomic E-state index is -0.927. The summed E-state index contributed by atoms with van der Waals surface area (Å²) < 4.78 is 0. The summed E-state index contributed by atoms with van der Waals surface area (Å²) in [5.41, 5.74) is 1.79. The Morgan fingerprint density at radius 2 is 1.48 bits per heavy atom. The molecule has 0 spiro atoms. The third kappa shape index (κ3) is 3.92. The van der Waals surface area contributed by atoms with E-state index in [4.69, 9.17) is 0 Å². The van der Waals surface area contributed by atoms with Crippen LogP contribution in [0.4, 0.5) is 0 Å². The van der Waals surface area contributed by atoms with Crippen LogP contribution in [0.15, 0.2) is 89.8 Å². The summed E-state index contributed by atoms with van der Waals surface area (Å²) in [6, 6.07) is 27.6. The molecule has 0 aromatic heterocycles. The topological polar surface area (TPSA) is 40.5 Å². The first-order chi connectivity index (χ1) is 13.1. The molecule has 4 rings (SSSR count). The summed E-state index contributed by atoms with van der Waals surface area (Å²) in [6.45, 7) is 0.670. The first kappa shape index (κ1) is 17.8. The fraction of sp³-hybridized carbons (Fsp3) is 0.174. The average molecular weight is 375 g/mol. The predicted molar refractivity (Wildman–Crippen MR) is 109 cm³/mol. The van der Waals surface area contributed by atoms with Gasteiger partial charge in [0, 0.05) is 16.2 Å². The SMILES string of the molecule is O=C(c1ccc(CSc2ccccc2)cc1)N1CC(O)(c2ccccc2)C1. The van der Waals surface area contributed by atoms with Gasteiger partial charge in [0.05, 0.1) is 13.1 Å². The molecule has 1 aliphatic rings. The fourth-order valence-corrected chi connectivity index (χ4v) is 4.14. The normalized spacial score (nSPS) is 15.2. The summed E-state index contributed by atoms with van der Waals surface area (Å²) in [5.74, 6) is 0.841. The van der Waals surface area contributed by atoms with E-state index < -0.39 is 5.60 Å². The van der Waals surface area contributed by atoms with Gasteiger partial charge in [-0.25, -0.2) is 0 Å². The molecule has 1 N–H and O–H groups in total. The summed E-state index contributed by atoms with van der Waals surface area (Å²) in [7, 11) is 0. The predicted octanol–water partition coefficient (Wildman–Crippen LogP) is 4.32. The first-order valence-corrected chi connectivity index (χ1v) is 9.97. The van der Waals surface area contributed by atoms with Crippen LogP contribution in [0.1, 0.15) is 21.5 Å². The Labute approximate surface area is 163 Å². The fourth-order valence-electron chi connectivity index (χ4n) is 3.27. The van der Waals surface area contributed by atoms with Gasteiger partial charge in [0.25, 0.3) is 5.91 Å². The second-order valence-corrected chi connectivity index (χ2v) is 7.91. The second kappa shape index (κ2) is 7.59. The number of aliphatic hydroxyl groups is 1. The van der Waals surface area contributed by atoms with Gasteiger partial charge in [0.15, 0.2) is 0 Å². The van der Waals surface area contributed by atoms with E-state index in [1.807, 2.05) is 72.8 Å². The third-order valence-corrected chi connectivity index (χ3v) is 5.94. The van der Waals surface area contributed by atoms with Crippen LogP contribution in [0.5, 0.6) is 0 Å². The van der Waals surface area contributed by atoms with Crippen molar-refractivity contribution in [2.75, 3.05) is 13.1 Å². The van der Waals surface area contributed by atoms with Gasteiger partial charge >= 0.3 is 0 Å². The zero-order valence-electron chi connectivity index (χ0n) is 14.9. The second-order valence-electron chi connectivity index (χ2n) is 6.86. The van der Waals surface area contributed by atoms with E-state index in [-0.39, 0.29) is 5.91 Å². The molecule has 1 saturated heterocycles. The molecule has 0 aliphatic carbocycles. The Balaban J connectivity index is 1.35. The molecule has 1 heterocycles. The molecule has 3 nitrogen and oxygen atoms in total. The highest BCUT2D eigenvalue weighted by Gasteiger charge is 2.44. The maximum atomic E-state index is 12.6. The number of amides is 1. The van der Waals surface area contributed by atoms with Crippen molar-refractivity contribution in [2.24, 2.45) is 0 Å². The zero-order chi connectivity index (χ0) is 18.7. The lowest BCUT2D eigenvalue weighted by Gasteiger charge is -2.46. The lowest BCUT2D eigenvalue weighted by Crippen LogP contribution is -2.61. The monoisotopic (exact) mass is 375 g/mol. The molecule has 1 amide bonds. The van der Waals surface area contributed by atoms with Crippen molar-refractivity contribution in [1.29, 1.82) is 0 Å². The van der Waals surface area contributed by atoms with E-state index in [0.717, 1.165) is 11.3 Å². The summed E-state index contributed by atoms with van der Waals surface area (Å²) >= 11 is 1.78. The largest absolute Gasteiger partial charge is 0.381 e. The molecular weight excluding hydrogens is 354 g/mol. The van der Waals surface area contributed by atoms with E-state index >= 15 is 0 Å². The van der Waals surface area contributed by atoms with Gasteiger partial charge < -0.3 is 10.0 Å². The molecule has 1 fully saturated rings. The highest BCUT2D eigenvalue weighted by molar-refractivity contribution is 7.98. The Kier molecular flexibility index (Phi) is 5.01. The van der Waals surface area contributed by atoms with Crippen molar-refractivity contribution in [1.82, 2.24) is 4.90 Å². The molecule has 0 radical (unpaired) electrons. The minimum absolute atomic E-state index is 0.0298. The Morgan fingerprint density at radius 1 is 0.889 bits per heavy atom. The number of likely N-dealkylation sites (tertiary alicyclic amines) is 1. The van der Waals surface area contributed by atoms with Crippen LogP contribution >= 0.6 is 11.8 Å². The molecule has 27 heavy (non-hydrogen) atoms. The lowest BCUT2D eigenvalue weighted by molar-refractivity contribution is -0.0863. The van der Waals surface area contributed by atoms with Crippen LogP contribution in [0, 0.1) is 0 Å². The molecule has 136 valence electrons. The number of β-amino-alcohol motifs (C(OH)–C–C–N with tert-alkyl or cyclic N) is 1. The molecule has 0 unspecified atom stereocenters. The number of carbonyl (C=O) groups excluding carboxylic acids is 1. The van der Waals surface area contributed by atoms with Crippen molar-refractivity contribution in [3.8, 4) is 0 Å². The van der Waals surface area contributed by atoms with E-state index in [2.05, 4.69) is 12.1 Å². The molecule has 3 aromatic rings. The van der Waals surface area contributed by atoms with Gasteiger partial charge in [-0.3, -0.25) is 4.79 Å². The highest BCUT2D eigenvalue weighted by Crippen LogP contribution is 2.32. The van der Waals surface area contributed by atoms with Crippen LogP contribution in [0.3, 0.4) is 0 Å². The number of carbonyl (C=O) groups is 1. The molecule has 0 atom stereocenters. The highest BCUT2D eigenvalue weighted by atomic mass is 32.2. The number of thioether (sulfide) groups is 1. The van der Waals surface area contributed by atoms with E-state index in [1.165, 1.54) is 10.5 Å². The Morgan fingerprint density at radius 3 is 2.11 bits per heavy atom. The maximum absolute atomic E-state index is 12.6. The Hall–Kier alpha value is -2.56. The Bertz CT molecular complexity index is 904. The summed E-state index contributed by atoms with van der Waals surface area (Å²) in [4.78, 5) is 15.6. The van der Waals surface area contributed by atoms with Gasteiger partial charge in [-0.05, 0) is 35.4 Å². The third-order valence-electron chi connectivity index (χ3n) is 4.85. The van der Waals surface area contributed by atoms with Gasteiger partial charge in [-0.1, -0.05) is 60.7 Å². The lowest BCUT2D eigenvalue weighted by atomic mass is 9.85. The van der Waals surface area contributed by atoms with Crippen molar-refractivity contribution >= 4 is 17.7 Å². The van der Waals surface area contributed by atoms with Gasteiger partial charge in [-0.15, -0.1) is 11.8 Å². The number of rotatable bonds is 5. The number of hydrogen-bond acceptors (Lipinski definition) is 3. The minimum Gasteiger partial charge on any atom is -0.381 e. The van der Waals surface area contributed by atoms with Crippen LogP contribution in [-0.4, -0.2) is 29.0 Å². The average Bonchev–Trinajstić information content (AvgIpc) is 2.71. The molecule has 0 bridgehead atoms. The molecule has 3 aromatic carbocycles. The molecule has 4 heteroatoms. The van der Waals surface area contributed by atoms with Crippen LogP contribution < -0.4 is 0 Å².